The van der Waals surface area contributed by atoms with Crippen LogP contribution in [0.4, 0.5) is 0 Å². The second-order valence-electron chi connectivity index (χ2n) is 9.35. The summed E-state index contributed by atoms with van der Waals surface area (Å²) in [4.78, 5) is 23.1. The first-order chi connectivity index (χ1) is 17.8. The molecule has 0 N–H and O–H groups in total. The Morgan fingerprint density at radius 1 is 1.16 bits per heavy atom. The Morgan fingerprint density at radius 2 is 1.95 bits per heavy atom. The first kappa shape index (κ1) is 24.5. The number of carbonyl (C=O) groups is 1. The minimum atomic E-state index is -0.358. The predicted molar refractivity (Wildman–Crippen MR) is 136 cm³/mol. The van der Waals surface area contributed by atoms with Crippen LogP contribution in [0.3, 0.4) is 0 Å². The van der Waals surface area contributed by atoms with Crippen molar-refractivity contribution in [1.29, 1.82) is 0 Å². The van der Waals surface area contributed by atoms with E-state index in [0.29, 0.717) is 40.3 Å². The average Bonchev–Trinajstić information content (AvgIpc) is 3.55. The molecule has 194 valence electrons. The molecule has 12 heteroatoms. The van der Waals surface area contributed by atoms with E-state index in [1.54, 1.807) is 39.8 Å². The van der Waals surface area contributed by atoms with Crippen LogP contribution in [-0.2, 0) is 6.42 Å². The SMILES string of the molecule is COc1c2c(cc3c1[C@@H](c1nnnn1-c1cccc(C(=O)N=C(N(C)C)N(C)C)c1)N(C)CC3)OCO2. The Balaban J connectivity index is 1.57. The van der Waals surface area contributed by atoms with Crippen molar-refractivity contribution in [1.82, 2.24) is 34.9 Å². The second kappa shape index (κ2) is 9.69. The fraction of sp³-hybridized carbons (Fsp3) is 0.400. The molecule has 3 aromatic rings. The van der Waals surface area contributed by atoms with Crippen molar-refractivity contribution in [3.05, 3.63) is 52.8 Å². The number of aromatic nitrogens is 4. The highest BCUT2D eigenvalue weighted by Gasteiger charge is 2.37. The Morgan fingerprint density at radius 3 is 2.68 bits per heavy atom. The van der Waals surface area contributed by atoms with Gasteiger partial charge in [-0.05, 0) is 53.7 Å². The smallest absolute Gasteiger partial charge is 0.280 e. The molecule has 12 nitrogen and oxygen atoms in total. The largest absolute Gasteiger partial charge is 0.492 e. The maximum absolute atomic E-state index is 13.0. The van der Waals surface area contributed by atoms with Crippen LogP contribution in [0.2, 0.25) is 0 Å². The van der Waals surface area contributed by atoms with Crippen molar-refractivity contribution in [3.8, 4) is 22.9 Å². The lowest BCUT2D eigenvalue weighted by molar-refractivity contribution is 0.0999. The van der Waals surface area contributed by atoms with E-state index < -0.39 is 0 Å². The summed E-state index contributed by atoms with van der Waals surface area (Å²) in [6.07, 6.45) is 0.818. The Hall–Kier alpha value is -4.19. The normalized spacial score (nSPS) is 16.2. The van der Waals surface area contributed by atoms with E-state index in [1.807, 2.05) is 47.4 Å². The van der Waals surface area contributed by atoms with Gasteiger partial charge in [0, 0.05) is 45.9 Å². The number of methoxy groups -OCH3 is 1. The van der Waals surface area contributed by atoms with Crippen LogP contribution in [0, 0.1) is 0 Å². The number of hydrogen-bond acceptors (Lipinski definition) is 8. The number of amides is 1. The third-order valence-electron chi connectivity index (χ3n) is 6.47. The summed E-state index contributed by atoms with van der Waals surface area (Å²) < 4.78 is 18.8. The Labute approximate surface area is 215 Å². The van der Waals surface area contributed by atoms with Crippen LogP contribution in [-0.4, -0.2) is 102 Å². The van der Waals surface area contributed by atoms with Gasteiger partial charge in [0.25, 0.3) is 5.91 Å². The van der Waals surface area contributed by atoms with Gasteiger partial charge in [-0.2, -0.15) is 9.67 Å². The van der Waals surface area contributed by atoms with E-state index in [4.69, 9.17) is 14.2 Å². The van der Waals surface area contributed by atoms with E-state index in [-0.39, 0.29) is 18.7 Å². The second-order valence-corrected chi connectivity index (χ2v) is 9.35. The molecule has 2 aliphatic heterocycles. The number of fused-ring (bicyclic) bond motifs is 2. The monoisotopic (exact) mass is 506 g/mol. The van der Waals surface area contributed by atoms with E-state index in [2.05, 4.69) is 25.4 Å². The van der Waals surface area contributed by atoms with Gasteiger partial charge < -0.3 is 24.0 Å². The molecular formula is C25H30N8O4. The molecular weight excluding hydrogens is 476 g/mol. The summed E-state index contributed by atoms with van der Waals surface area (Å²) in [6.45, 7) is 0.942. The number of tetrazole rings is 1. The van der Waals surface area contributed by atoms with E-state index >= 15 is 0 Å². The summed E-state index contributed by atoms with van der Waals surface area (Å²) in [7, 11) is 11.0. The molecule has 1 atom stereocenters. The molecule has 0 unspecified atom stereocenters. The topological polar surface area (TPSA) is 110 Å². The third kappa shape index (κ3) is 4.33. The van der Waals surface area contributed by atoms with Crippen LogP contribution in [0.25, 0.3) is 5.69 Å². The number of guanidine groups is 1. The highest BCUT2D eigenvalue weighted by molar-refractivity contribution is 6.02. The molecule has 0 aliphatic carbocycles. The molecule has 0 saturated heterocycles. The zero-order valence-electron chi connectivity index (χ0n) is 21.8. The standard InChI is InChI=1S/C25H30N8O4/c1-30(2)25(31(3)4)26-24(34)16-8-7-9-17(12-16)33-23(27-28-29-33)20-19-15(10-11-32(20)5)13-18-21(22(19)35-6)37-14-36-18/h7-9,12-13,20H,10-11,14H2,1-6H3/t20-/m0/s1. The van der Waals surface area contributed by atoms with Crippen molar-refractivity contribution < 1.29 is 19.0 Å². The molecule has 37 heavy (non-hydrogen) atoms. The van der Waals surface area contributed by atoms with E-state index in [1.165, 1.54) is 0 Å². The van der Waals surface area contributed by atoms with Crippen LogP contribution in [0.5, 0.6) is 17.2 Å². The first-order valence-corrected chi connectivity index (χ1v) is 11.9. The maximum atomic E-state index is 13.0. The quantitative estimate of drug-likeness (QED) is 0.382. The third-order valence-corrected chi connectivity index (χ3v) is 6.47. The summed E-state index contributed by atoms with van der Waals surface area (Å²) in [5.41, 5.74) is 3.11. The van der Waals surface area contributed by atoms with Gasteiger partial charge in [-0.25, -0.2) is 0 Å². The van der Waals surface area contributed by atoms with Crippen molar-refractivity contribution >= 4 is 11.9 Å². The van der Waals surface area contributed by atoms with Gasteiger partial charge in [0.05, 0.1) is 12.8 Å². The number of rotatable bonds is 4. The molecule has 3 heterocycles. The van der Waals surface area contributed by atoms with Crippen LogP contribution in [0.1, 0.15) is 33.4 Å². The van der Waals surface area contributed by atoms with Crippen LogP contribution < -0.4 is 14.2 Å². The summed E-state index contributed by atoms with van der Waals surface area (Å²) in [5, 5.41) is 12.7. The lowest BCUT2D eigenvalue weighted by atomic mass is 9.90. The van der Waals surface area contributed by atoms with Crippen molar-refractivity contribution in [2.45, 2.75) is 12.5 Å². The fourth-order valence-electron chi connectivity index (χ4n) is 4.83. The van der Waals surface area contributed by atoms with E-state index in [9.17, 15) is 4.79 Å². The zero-order chi connectivity index (χ0) is 26.3. The van der Waals surface area contributed by atoms with Gasteiger partial charge in [-0.3, -0.25) is 9.69 Å². The summed E-state index contributed by atoms with van der Waals surface area (Å²) in [6, 6.07) is 8.84. The van der Waals surface area contributed by atoms with Gasteiger partial charge >= 0.3 is 0 Å². The zero-order valence-corrected chi connectivity index (χ0v) is 21.8. The maximum Gasteiger partial charge on any atom is 0.280 e. The number of benzene rings is 2. The number of aliphatic imine (C=N–C) groups is 1. The molecule has 0 bridgehead atoms. The minimum absolute atomic E-state index is 0.152. The van der Waals surface area contributed by atoms with E-state index in [0.717, 1.165) is 24.1 Å². The van der Waals surface area contributed by atoms with Gasteiger partial charge in [-0.1, -0.05) is 6.07 Å². The first-order valence-electron chi connectivity index (χ1n) is 11.9. The minimum Gasteiger partial charge on any atom is -0.492 e. The molecule has 2 aliphatic rings. The summed E-state index contributed by atoms with van der Waals surface area (Å²) in [5.74, 6) is 2.67. The molecule has 0 saturated carbocycles. The number of ether oxygens (including phenoxy) is 3. The number of nitrogens with zero attached hydrogens (tertiary/aromatic N) is 8. The lowest BCUT2D eigenvalue weighted by Crippen LogP contribution is -2.36. The van der Waals surface area contributed by atoms with Gasteiger partial charge in [0.2, 0.25) is 18.5 Å². The fourth-order valence-corrected chi connectivity index (χ4v) is 4.83. The summed E-state index contributed by atoms with van der Waals surface area (Å²) >= 11 is 0. The van der Waals surface area contributed by atoms with Crippen molar-refractivity contribution in [2.24, 2.45) is 4.99 Å². The molecule has 1 aromatic heterocycles. The molecule has 0 fully saturated rings. The predicted octanol–water partition coefficient (Wildman–Crippen LogP) is 1.60. The van der Waals surface area contributed by atoms with Crippen molar-refractivity contribution in [2.75, 3.05) is 55.7 Å². The Bertz CT molecular complexity index is 1360. The van der Waals surface area contributed by atoms with Crippen LogP contribution in [0.15, 0.2) is 35.3 Å². The molecule has 0 spiro atoms. The highest BCUT2D eigenvalue weighted by Crippen LogP contribution is 2.50. The van der Waals surface area contributed by atoms with Gasteiger partial charge in [-0.15, -0.1) is 5.10 Å². The van der Waals surface area contributed by atoms with Gasteiger partial charge in [0.1, 0.15) is 6.04 Å². The number of carbonyl (C=O) groups excluding carboxylic acids is 1. The number of likely N-dealkylation sites (N-methyl/N-ethyl adjacent to an activating group) is 1. The lowest BCUT2D eigenvalue weighted by Gasteiger charge is -2.34. The molecule has 1 amide bonds. The molecule has 2 aromatic carbocycles. The number of hydrogen-bond donors (Lipinski definition) is 0. The highest BCUT2D eigenvalue weighted by atomic mass is 16.7. The van der Waals surface area contributed by atoms with Gasteiger partial charge in [0.15, 0.2) is 17.3 Å². The molecule has 0 radical (unpaired) electrons. The van der Waals surface area contributed by atoms with Crippen molar-refractivity contribution in [3.63, 3.8) is 0 Å². The average molecular weight is 507 g/mol. The Kier molecular flexibility index (Phi) is 6.42. The van der Waals surface area contributed by atoms with Crippen LogP contribution >= 0.6 is 0 Å². The molecule has 5 rings (SSSR count).